The Morgan fingerprint density at radius 3 is 2.77 bits per heavy atom. The number of esters is 1. The molecule has 1 aromatic carbocycles. The zero-order chi connectivity index (χ0) is 16.3. The van der Waals surface area contributed by atoms with E-state index >= 15 is 0 Å². The third kappa shape index (κ3) is 3.33. The highest BCUT2D eigenvalue weighted by Crippen LogP contribution is 2.33. The fourth-order valence-electron chi connectivity index (χ4n) is 2.51. The minimum absolute atomic E-state index is 0.0463. The van der Waals surface area contributed by atoms with Crippen molar-refractivity contribution in [3.05, 3.63) is 33.9 Å². The molecule has 1 heterocycles. The van der Waals surface area contributed by atoms with E-state index in [1.807, 2.05) is 0 Å². The normalized spacial score (nSPS) is 17.3. The van der Waals surface area contributed by atoms with Gasteiger partial charge in [0.1, 0.15) is 5.69 Å². The number of nitro groups is 1. The molecule has 1 aromatic rings. The lowest BCUT2D eigenvalue weighted by Crippen LogP contribution is -2.23. The largest absolute Gasteiger partial charge is 0.481 e. The topological polar surface area (TPSA) is 110 Å². The van der Waals surface area contributed by atoms with E-state index in [2.05, 4.69) is 4.74 Å². The van der Waals surface area contributed by atoms with Gasteiger partial charge in [-0.25, -0.2) is 0 Å². The van der Waals surface area contributed by atoms with Crippen LogP contribution in [0.5, 0.6) is 0 Å². The van der Waals surface area contributed by atoms with E-state index in [9.17, 15) is 19.7 Å². The minimum Gasteiger partial charge on any atom is -0.481 e. The van der Waals surface area contributed by atoms with E-state index in [-0.39, 0.29) is 18.7 Å². The van der Waals surface area contributed by atoms with Crippen LogP contribution >= 0.6 is 0 Å². The summed E-state index contributed by atoms with van der Waals surface area (Å²) in [7, 11) is 1.25. The Kier molecular flexibility index (Phi) is 4.59. The summed E-state index contributed by atoms with van der Waals surface area (Å²) >= 11 is 0. The van der Waals surface area contributed by atoms with Crippen LogP contribution in [0.25, 0.3) is 0 Å². The number of ether oxygens (including phenoxy) is 1. The molecule has 0 bridgehead atoms. The van der Waals surface area contributed by atoms with Gasteiger partial charge >= 0.3 is 11.9 Å². The van der Waals surface area contributed by atoms with Gasteiger partial charge in [0.2, 0.25) is 0 Å². The summed E-state index contributed by atoms with van der Waals surface area (Å²) in [5, 5.41) is 20.3. The first-order valence-electron chi connectivity index (χ1n) is 6.74. The SMILES string of the molecule is COC(=O)Cc1ccc(N2CCC(C(=O)O)C2)c([N+](=O)[O-])c1. The number of hydrogen-bond donors (Lipinski definition) is 1. The maximum Gasteiger partial charge on any atom is 0.309 e. The summed E-state index contributed by atoms with van der Waals surface area (Å²) < 4.78 is 4.54. The number of carboxylic acids is 1. The number of hydrogen-bond acceptors (Lipinski definition) is 6. The number of anilines is 1. The molecule has 1 unspecified atom stereocenters. The number of aliphatic carboxylic acids is 1. The number of benzene rings is 1. The molecule has 0 aromatic heterocycles. The molecule has 118 valence electrons. The highest BCUT2D eigenvalue weighted by Gasteiger charge is 2.31. The summed E-state index contributed by atoms with van der Waals surface area (Å²) in [6.07, 6.45) is 0.409. The van der Waals surface area contributed by atoms with Crippen molar-refractivity contribution in [3.63, 3.8) is 0 Å². The fraction of sp³-hybridized carbons (Fsp3) is 0.429. The van der Waals surface area contributed by atoms with Crippen molar-refractivity contribution >= 4 is 23.3 Å². The molecule has 0 amide bonds. The predicted molar refractivity (Wildman–Crippen MR) is 76.8 cm³/mol. The Morgan fingerprint density at radius 2 is 2.23 bits per heavy atom. The number of nitrogens with zero attached hydrogens (tertiary/aromatic N) is 2. The Morgan fingerprint density at radius 1 is 1.50 bits per heavy atom. The van der Waals surface area contributed by atoms with Crippen LogP contribution in [0.3, 0.4) is 0 Å². The monoisotopic (exact) mass is 308 g/mol. The second-order valence-corrected chi connectivity index (χ2v) is 5.10. The molecule has 1 saturated heterocycles. The maximum absolute atomic E-state index is 11.3. The Bertz CT molecular complexity index is 615. The molecule has 0 spiro atoms. The van der Waals surface area contributed by atoms with Gasteiger partial charge in [0.15, 0.2) is 0 Å². The van der Waals surface area contributed by atoms with Gasteiger partial charge in [-0.05, 0) is 18.1 Å². The Balaban J connectivity index is 2.26. The van der Waals surface area contributed by atoms with Crippen LogP contribution in [0.4, 0.5) is 11.4 Å². The third-order valence-corrected chi connectivity index (χ3v) is 3.69. The molecule has 1 fully saturated rings. The summed E-state index contributed by atoms with van der Waals surface area (Å²) in [6, 6.07) is 4.51. The van der Waals surface area contributed by atoms with Crippen LogP contribution in [-0.4, -0.2) is 42.2 Å². The first-order chi connectivity index (χ1) is 10.4. The molecular formula is C14H16N2O6. The molecule has 2 rings (SSSR count). The van der Waals surface area contributed by atoms with E-state index in [0.717, 1.165) is 0 Å². The van der Waals surface area contributed by atoms with Crippen molar-refractivity contribution in [1.29, 1.82) is 0 Å². The minimum atomic E-state index is -0.896. The quantitative estimate of drug-likeness (QED) is 0.494. The van der Waals surface area contributed by atoms with E-state index in [1.54, 1.807) is 17.0 Å². The summed E-state index contributed by atoms with van der Waals surface area (Å²) in [5.41, 5.74) is 0.728. The van der Waals surface area contributed by atoms with Gasteiger partial charge in [-0.1, -0.05) is 6.07 Å². The Labute approximate surface area is 126 Å². The second kappa shape index (κ2) is 6.42. The first kappa shape index (κ1) is 15.7. The van der Waals surface area contributed by atoms with E-state index < -0.39 is 22.8 Å². The van der Waals surface area contributed by atoms with Crippen LogP contribution in [0.1, 0.15) is 12.0 Å². The van der Waals surface area contributed by atoms with Crippen LogP contribution < -0.4 is 4.90 Å². The molecule has 1 aliphatic heterocycles. The molecule has 1 aliphatic rings. The van der Waals surface area contributed by atoms with Gasteiger partial charge in [-0.3, -0.25) is 19.7 Å². The van der Waals surface area contributed by atoms with Crippen molar-refractivity contribution in [2.45, 2.75) is 12.8 Å². The summed E-state index contributed by atoms with van der Waals surface area (Å²) in [6.45, 7) is 0.695. The zero-order valence-corrected chi connectivity index (χ0v) is 12.0. The van der Waals surface area contributed by atoms with E-state index in [1.165, 1.54) is 13.2 Å². The third-order valence-electron chi connectivity index (χ3n) is 3.69. The number of nitro benzene ring substituents is 1. The lowest BCUT2D eigenvalue weighted by Gasteiger charge is -2.18. The van der Waals surface area contributed by atoms with E-state index in [4.69, 9.17) is 5.11 Å². The molecule has 1 atom stereocenters. The number of methoxy groups -OCH3 is 1. The van der Waals surface area contributed by atoms with Crippen LogP contribution in [-0.2, 0) is 20.7 Å². The second-order valence-electron chi connectivity index (χ2n) is 5.10. The molecule has 1 N–H and O–H groups in total. The molecule has 8 heteroatoms. The van der Waals surface area contributed by atoms with Gasteiger partial charge in [-0.2, -0.15) is 0 Å². The molecule has 22 heavy (non-hydrogen) atoms. The van der Waals surface area contributed by atoms with Gasteiger partial charge in [0, 0.05) is 19.2 Å². The number of carboxylic acid groups (broad SMARTS) is 1. The lowest BCUT2D eigenvalue weighted by atomic mass is 10.1. The molecule has 0 saturated carbocycles. The van der Waals surface area contributed by atoms with Gasteiger partial charge in [-0.15, -0.1) is 0 Å². The van der Waals surface area contributed by atoms with Crippen molar-refractivity contribution in [1.82, 2.24) is 0 Å². The van der Waals surface area contributed by atoms with Crippen LogP contribution in [0.2, 0.25) is 0 Å². The van der Waals surface area contributed by atoms with Crippen molar-refractivity contribution in [3.8, 4) is 0 Å². The van der Waals surface area contributed by atoms with Crippen LogP contribution in [0.15, 0.2) is 18.2 Å². The fourth-order valence-corrected chi connectivity index (χ4v) is 2.51. The van der Waals surface area contributed by atoms with Crippen LogP contribution in [0, 0.1) is 16.0 Å². The molecule has 0 aliphatic carbocycles. The lowest BCUT2D eigenvalue weighted by molar-refractivity contribution is -0.384. The molecule has 0 radical (unpaired) electrons. The van der Waals surface area contributed by atoms with Crippen molar-refractivity contribution < 1.29 is 24.4 Å². The summed E-state index contributed by atoms with van der Waals surface area (Å²) in [5.74, 6) is -1.89. The first-order valence-corrected chi connectivity index (χ1v) is 6.74. The standard InChI is InChI=1S/C14H16N2O6/c1-22-13(17)7-9-2-3-11(12(6-9)16(20)21)15-5-4-10(8-15)14(18)19/h2-3,6,10H,4-5,7-8H2,1H3,(H,18,19). The van der Waals surface area contributed by atoms with Gasteiger partial charge in [0.05, 0.1) is 24.4 Å². The zero-order valence-electron chi connectivity index (χ0n) is 12.0. The summed E-state index contributed by atoms with van der Waals surface area (Å²) in [4.78, 5) is 34.7. The predicted octanol–water partition coefficient (Wildman–Crippen LogP) is 1.22. The molecular weight excluding hydrogens is 292 g/mol. The maximum atomic E-state index is 11.3. The van der Waals surface area contributed by atoms with E-state index in [0.29, 0.717) is 24.2 Å². The molecule has 8 nitrogen and oxygen atoms in total. The smallest absolute Gasteiger partial charge is 0.309 e. The highest BCUT2D eigenvalue weighted by molar-refractivity contribution is 5.75. The Hall–Kier alpha value is -2.64. The number of carbonyl (C=O) groups excluding carboxylic acids is 1. The van der Waals surface area contributed by atoms with Gasteiger partial charge in [0.25, 0.3) is 5.69 Å². The van der Waals surface area contributed by atoms with Crippen molar-refractivity contribution in [2.24, 2.45) is 5.92 Å². The number of rotatable bonds is 5. The number of carbonyl (C=O) groups is 2. The average Bonchev–Trinajstić information content (AvgIpc) is 2.96. The van der Waals surface area contributed by atoms with Crippen molar-refractivity contribution in [2.75, 3.05) is 25.1 Å². The highest BCUT2D eigenvalue weighted by atomic mass is 16.6. The average molecular weight is 308 g/mol. The van der Waals surface area contributed by atoms with Gasteiger partial charge < -0.3 is 14.7 Å².